The van der Waals surface area contributed by atoms with Gasteiger partial charge in [-0.3, -0.25) is 9.78 Å². The van der Waals surface area contributed by atoms with Crippen molar-refractivity contribution < 1.29 is 9.90 Å². The van der Waals surface area contributed by atoms with E-state index >= 15 is 0 Å². The average molecular weight is 347 g/mol. The first-order valence-electron chi connectivity index (χ1n) is 6.79. The molecule has 1 aromatic heterocycles. The van der Waals surface area contributed by atoms with Gasteiger partial charge in [0.1, 0.15) is 5.75 Å². The number of hydrogen-bond donors (Lipinski definition) is 1. The molecule has 1 aliphatic heterocycles. The van der Waals surface area contributed by atoms with Crippen LogP contribution in [0.4, 0.5) is 0 Å². The molecule has 0 bridgehead atoms. The van der Waals surface area contributed by atoms with Crippen LogP contribution in [0.5, 0.6) is 5.75 Å². The summed E-state index contributed by atoms with van der Waals surface area (Å²) in [5.74, 6) is 0.457. The number of aromatic hydroxyl groups is 1. The zero-order valence-corrected chi connectivity index (χ0v) is 13.0. The summed E-state index contributed by atoms with van der Waals surface area (Å²) >= 11 is 3.42. The highest BCUT2D eigenvalue weighted by Gasteiger charge is 2.31. The van der Waals surface area contributed by atoms with E-state index in [2.05, 4.69) is 33.0 Å². The zero-order valence-electron chi connectivity index (χ0n) is 11.4. The van der Waals surface area contributed by atoms with Gasteiger partial charge in [0.25, 0.3) is 5.91 Å². The first-order chi connectivity index (χ1) is 10.1. The number of aromatic nitrogens is 1. The molecule has 0 spiro atoms. The Morgan fingerprint density at radius 3 is 2.67 bits per heavy atom. The monoisotopic (exact) mass is 346 g/mol. The second-order valence-electron chi connectivity index (χ2n) is 5.34. The fraction of sp³-hybridized carbons (Fsp3) is 0.250. The van der Waals surface area contributed by atoms with Gasteiger partial charge in [0.05, 0.1) is 11.8 Å². The van der Waals surface area contributed by atoms with Gasteiger partial charge in [0.15, 0.2) is 0 Å². The number of halogens is 1. The van der Waals surface area contributed by atoms with Gasteiger partial charge >= 0.3 is 0 Å². The molecule has 1 aromatic carbocycles. The number of benzene rings is 1. The highest BCUT2D eigenvalue weighted by Crippen LogP contribution is 2.23. The molecule has 0 atom stereocenters. The van der Waals surface area contributed by atoms with Crippen LogP contribution in [0.3, 0.4) is 0 Å². The molecule has 0 radical (unpaired) electrons. The number of carbonyl (C=O) groups is 1. The van der Waals surface area contributed by atoms with Gasteiger partial charge in [0.2, 0.25) is 0 Å². The van der Waals surface area contributed by atoms with Crippen molar-refractivity contribution >= 4 is 21.8 Å². The first kappa shape index (κ1) is 14.1. The Hall–Kier alpha value is -1.88. The van der Waals surface area contributed by atoms with Crippen molar-refractivity contribution in [3.05, 3.63) is 58.3 Å². The second kappa shape index (κ2) is 5.85. The highest BCUT2D eigenvalue weighted by molar-refractivity contribution is 9.10. The molecular formula is C16H15BrN2O2. The number of amides is 1. The van der Waals surface area contributed by atoms with E-state index < -0.39 is 0 Å². The van der Waals surface area contributed by atoms with Gasteiger partial charge in [-0.15, -0.1) is 0 Å². The maximum Gasteiger partial charge on any atom is 0.255 e. The van der Waals surface area contributed by atoms with Crippen LogP contribution in [0.1, 0.15) is 15.9 Å². The number of hydrogen-bond acceptors (Lipinski definition) is 3. The normalized spacial score (nSPS) is 14.8. The molecule has 3 rings (SSSR count). The average Bonchev–Trinajstić information content (AvgIpc) is 2.44. The summed E-state index contributed by atoms with van der Waals surface area (Å²) in [6, 6.07) is 9.74. The van der Waals surface area contributed by atoms with Crippen LogP contribution in [-0.2, 0) is 6.42 Å². The van der Waals surface area contributed by atoms with E-state index in [1.54, 1.807) is 4.90 Å². The lowest BCUT2D eigenvalue weighted by molar-refractivity contribution is 0.0500. The summed E-state index contributed by atoms with van der Waals surface area (Å²) in [4.78, 5) is 17.8. The van der Waals surface area contributed by atoms with Crippen LogP contribution in [0.2, 0.25) is 0 Å². The van der Waals surface area contributed by atoms with Crippen LogP contribution in [0.15, 0.2) is 47.2 Å². The van der Waals surface area contributed by atoms with E-state index in [0.717, 1.165) is 24.0 Å². The summed E-state index contributed by atoms with van der Waals surface area (Å²) in [6.07, 6.45) is 3.79. The highest BCUT2D eigenvalue weighted by atomic mass is 79.9. The first-order valence-corrected chi connectivity index (χ1v) is 7.59. The van der Waals surface area contributed by atoms with Crippen molar-refractivity contribution in [1.82, 2.24) is 9.88 Å². The van der Waals surface area contributed by atoms with E-state index in [4.69, 9.17) is 0 Å². The molecule has 5 heteroatoms. The van der Waals surface area contributed by atoms with Crippen molar-refractivity contribution in [3.63, 3.8) is 0 Å². The Labute approximate surface area is 131 Å². The molecule has 4 nitrogen and oxygen atoms in total. The number of likely N-dealkylation sites (tertiary alicyclic amines) is 1. The molecule has 21 heavy (non-hydrogen) atoms. The van der Waals surface area contributed by atoms with E-state index in [-0.39, 0.29) is 11.7 Å². The van der Waals surface area contributed by atoms with E-state index in [1.165, 1.54) is 24.0 Å². The molecular weight excluding hydrogens is 332 g/mol. The van der Waals surface area contributed by atoms with Gasteiger partial charge in [0, 0.05) is 23.8 Å². The SMILES string of the molecule is O=C(c1cncc(O)c1)N1CC(Cc2ccc(Br)cc2)C1. The molecule has 2 heterocycles. The fourth-order valence-corrected chi connectivity index (χ4v) is 2.81. The van der Waals surface area contributed by atoms with Crippen molar-refractivity contribution in [1.29, 1.82) is 0 Å². The molecule has 0 saturated carbocycles. The maximum absolute atomic E-state index is 12.2. The minimum Gasteiger partial charge on any atom is -0.506 e. The van der Waals surface area contributed by atoms with Gasteiger partial charge in [-0.1, -0.05) is 28.1 Å². The zero-order chi connectivity index (χ0) is 14.8. The topological polar surface area (TPSA) is 53.4 Å². The predicted octanol–water partition coefficient (Wildman–Crippen LogP) is 2.86. The van der Waals surface area contributed by atoms with Crippen LogP contribution in [0, 0.1) is 5.92 Å². The lowest BCUT2D eigenvalue weighted by Crippen LogP contribution is -2.50. The molecule has 0 aliphatic carbocycles. The van der Waals surface area contributed by atoms with Crippen LogP contribution >= 0.6 is 15.9 Å². The smallest absolute Gasteiger partial charge is 0.255 e. The Balaban J connectivity index is 1.56. The van der Waals surface area contributed by atoms with Crippen LogP contribution in [-0.4, -0.2) is 34.0 Å². The standard InChI is InChI=1S/C16H15BrN2O2/c17-14-3-1-11(2-4-14)5-12-9-19(10-12)16(21)13-6-15(20)8-18-7-13/h1-4,6-8,12,20H,5,9-10H2. The molecule has 1 N–H and O–H groups in total. The largest absolute Gasteiger partial charge is 0.506 e. The number of carbonyl (C=O) groups excluding carboxylic acids is 1. The number of nitrogens with zero attached hydrogens (tertiary/aromatic N) is 2. The third kappa shape index (κ3) is 3.24. The van der Waals surface area contributed by atoms with Crippen molar-refractivity contribution in [2.45, 2.75) is 6.42 Å². The van der Waals surface area contributed by atoms with Gasteiger partial charge in [-0.2, -0.15) is 0 Å². The third-order valence-electron chi connectivity index (χ3n) is 3.65. The minimum absolute atomic E-state index is 0.0211. The number of rotatable bonds is 3. The summed E-state index contributed by atoms with van der Waals surface area (Å²) in [5.41, 5.74) is 1.73. The van der Waals surface area contributed by atoms with Crippen LogP contribution < -0.4 is 0 Å². The fourth-order valence-electron chi connectivity index (χ4n) is 2.55. The third-order valence-corrected chi connectivity index (χ3v) is 4.18. The van der Waals surface area contributed by atoms with E-state index in [9.17, 15) is 9.90 Å². The predicted molar refractivity (Wildman–Crippen MR) is 83.1 cm³/mol. The maximum atomic E-state index is 12.2. The van der Waals surface area contributed by atoms with Crippen molar-refractivity contribution in [2.24, 2.45) is 5.92 Å². The van der Waals surface area contributed by atoms with Crippen molar-refractivity contribution in [3.8, 4) is 5.75 Å². The van der Waals surface area contributed by atoms with Gasteiger partial charge < -0.3 is 10.0 Å². The molecule has 1 aliphatic rings. The Morgan fingerprint density at radius 2 is 2.00 bits per heavy atom. The van der Waals surface area contributed by atoms with Crippen LogP contribution in [0.25, 0.3) is 0 Å². The Kier molecular flexibility index (Phi) is 3.92. The number of pyridine rings is 1. The minimum atomic E-state index is -0.0644. The molecule has 1 amide bonds. The molecule has 0 unspecified atom stereocenters. The second-order valence-corrected chi connectivity index (χ2v) is 6.25. The molecule has 108 valence electrons. The van der Waals surface area contributed by atoms with Crippen molar-refractivity contribution in [2.75, 3.05) is 13.1 Å². The molecule has 2 aromatic rings. The van der Waals surface area contributed by atoms with Gasteiger partial charge in [-0.25, -0.2) is 0 Å². The molecule has 1 fully saturated rings. The lowest BCUT2D eigenvalue weighted by Gasteiger charge is -2.39. The van der Waals surface area contributed by atoms with Gasteiger partial charge in [-0.05, 0) is 36.1 Å². The lowest BCUT2D eigenvalue weighted by atomic mass is 9.91. The Bertz CT molecular complexity index is 652. The Morgan fingerprint density at radius 1 is 1.29 bits per heavy atom. The van der Waals surface area contributed by atoms with E-state index in [1.807, 2.05) is 12.1 Å². The van der Waals surface area contributed by atoms with E-state index in [0.29, 0.717) is 11.5 Å². The summed E-state index contributed by atoms with van der Waals surface area (Å²) in [7, 11) is 0. The summed E-state index contributed by atoms with van der Waals surface area (Å²) < 4.78 is 1.08. The summed E-state index contributed by atoms with van der Waals surface area (Å²) in [6.45, 7) is 1.51. The quantitative estimate of drug-likeness (QED) is 0.929. The summed E-state index contributed by atoms with van der Waals surface area (Å²) in [5, 5.41) is 9.37. The molecule has 1 saturated heterocycles.